The number of ether oxygens (including phenoxy) is 2. The largest absolute Gasteiger partial charge is 0.425 e. The van der Waals surface area contributed by atoms with Gasteiger partial charge in [0.2, 0.25) is 6.29 Å². The third-order valence-corrected chi connectivity index (χ3v) is 6.54. The zero-order chi connectivity index (χ0) is 25.1. The van der Waals surface area contributed by atoms with Gasteiger partial charge < -0.3 is 9.47 Å². The number of carbonyl (C=O) groups excluding carboxylic acids is 2. The molecule has 0 atom stereocenters. The first kappa shape index (κ1) is 32.9. The molecule has 0 aliphatic carbocycles. The Morgan fingerprint density at radius 2 is 0.735 bits per heavy atom. The van der Waals surface area contributed by atoms with Crippen molar-refractivity contribution < 1.29 is 19.1 Å². The van der Waals surface area contributed by atoms with Crippen LogP contribution in [0.1, 0.15) is 175 Å². The molecule has 0 N–H and O–H groups in total. The Morgan fingerprint density at radius 1 is 0.441 bits per heavy atom. The minimum Gasteiger partial charge on any atom is -0.425 e. The van der Waals surface area contributed by atoms with Gasteiger partial charge in [-0.3, -0.25) is 9.59 Å². The van der Waals surface area contributed by atoms with Crippen LogP contribution in [0.2, 0.25) is 0 Å². The van der Waals surface area contributed by atoms with E-state index in [4.69, 9.17) is 9.47 Å². The van der Waals surface area contributed by atoms with Crippen LogP contribution >= 0.6 is 0 Å². The molecular formula is C30H58O4. The van der Waals surface area contributed by atoms with E-state index in [0.29, 0.717) is 19.3 Å². The van der Waals surface area contributed by atoms with Crippen LogP contribution in [-0.2, 0) is 19.1 Å². The van der Waals surface area contributed by atoms with Crippen LogP contribution in [0, 0.1) is 0 Å². The Hall–Kier alpha value is -1.06. The topological polar surface area (TPSA) is 52.6 Å². The van der Waals surface area contributed by atoms with E-state index < -0.39 is 6.29 Å². The van der Waals surface area contributed by atoms with E-state index in [1.807, 2.05) is 0 Å². The summed E-state index contributed by atoms with van der Waals surface area (Å²) in [5.41, 5.74) is 0. The summed E-state index contributed by atoms with van der Waals surface area (Å²) in [6.07, 6.45) is 25.6. The van der Waals surface area contributed by atoms with Crippen molar-refractivity contribution in [1.82, 2.24) is 0 Å². The molecule has 0 aliphatic rings. The van der Waals surface area contributed by atoms with Gasteiger partial charge in [-0.15, -0.1) is 0 Å². The van der Waals surface area contributed by atoms with Gasteiger partial charge in [0.1, 0.15) is 0 Å². The van der Waals surface area contributed by atoms with Crippen molar-refractivity contribution in [2.45, 2.75) is 181 Å². The van der Waals surface area contributed by atoms with Gasteiger partial charge in [-0.1, -0.05) is 136 Å². The van der Waals surface area contributed by atoms with Crippen molar-refractivity contribution in [1.29, 1.82) is 0 Å². The van der Waals surface area contributed by atoms with Crippen molar-refractivity contribution >= 4 is 11.9 Å². The van der Waals surface area contributed by atoms with Crippen LogP contribution in [0.25, 0.3) is 0 Å². The minimum atomic E-state index is -0.704. The highest BCUT2D eigenvalue weighted by atomic mass is 16.7. The highest BCUT2D eigenvalue weighted by molar-refractivity contribution is 5.71. The minimum absolute atomic E-state index is 0.218. The number of rotatable bonds is 26. The van der Waals surface area contributed by atoms with Crippen LogP contribution in [0.3, 0.4) is 0 Å². The number of unbranched alkanes of at least 4 members (excludes halogenated alkanes) is 18. The first-order chi connectivity index (χ1) is 16.6. The average molecular weight is 483 g/mol. The second-order valence-corrected chi connectivity index (χ2v) is 10.1. The lowest BCUT2D eigenvalue weighted by Crippen LogP contribution is -2.24. The second-order valence-electron chi connectivity index (χ2n) is 10.1. The lowest BCUT2D eigenvalue weighted by molar-refractivity contribution is -0.189. The average Bonchev–Trinajstić information content (AvgIpc) is 2.82. The van der Waals surface area contributed by atoms with Gasteiger partial charge in [0, 0.05) is 19.3 Å². The molecule has 0 aromatic heterocycles. The molecule has 0 spiro atoms. The van der Waals surface area contributed by atoms with Gasteiger partial charge in [0.15, 0.2) is 0 Å². The Balaban J connectivity index is 4.12. The summed E-state index contributed by atoms with van der Waals surface area (Å²) in [4.78, 5) is 24.7. The summed E-state index contributed by atoms with van der Waals surface area (Å²) in [7, 11) is 0. The van der Waals surface area contributed by atoms with E-state index in [1.165, 1.54) is 96.3 Å². The molecule has 34 heavy (non-hydrogen) atoms. The first-order valence-corrected chi connectivity index (χ1v) is 15.0. The van der Waals surface area contributed by atoms with Gasteiger partial charge in [-0.25, -0.2) is 0 Å². The van der Waals surface area contributed by atoms with E-state index >= 15 is 0 Å². The summed E-state index contributed by atoms with van der Waals surface area (Å²) < 4.78 is 11.2. The summed E-state index contributed by atoms with van der Waals surface area (Å²) in [5, 5.41) is 0. The van der Waals surface area contributed by atoms with E-state index in [9.17, 15) is 9.59 Å². The number of hydrogen-bond acceptors (Lipinski definition) is 4. The molecule has 0 aromatic carbocycles. The maximum Gasteiger partial charge on any atom is 0.308 e. The molecule has 0 bridgehead atoms. The predicted molar refractivity (Wildman–Crippen MR) is 144 cm³/mol. The van der Waals surface area contributed by atoms with Crippen molar-refractivity contribution in [3.05, 3.63) is 0 Å². The Morgan fingerprint density at radius 3 is 1.09 bits per heavy atom. The van der Waals surface area contributed by atoms with E-state index in [1.54, 1.807) is 0 Å². The molecule has 0 heterocycles. The fourth-order valence-electron chi connectivity index (χ4n) is 4.27. The molecule has 0 saturated carbocycles. The third kappa shape index (κ3) is 24.1. The molecule has 0 rings (SSSR count). The number of hydrogen-bond donors (Lipinski definition) is 0. The number of carbonyl (C=O) groups is 2. The van der Waals surface area contributed by atoms with Crippen molar-refractivity contribution in [3.8, 4) is 0 Å². The normalized spacial score (nSPS) is 11.2. The quantitative estimate of drug-likeness (QED) is 0.0699. The van der Waals surface area contributed by atoms with Crippen LogP contribution in [0.4, 0.5) is 0 Å². The summed E-state index contributed by atoms with van der Waals surface area (Å²) in [6.45, 7) is 6.67. The lowest BCUT2D eigenvalue weighted by atomic mass is 10.1. The molecule has 202 valence electrons. The van der Waals surface area contributed by atoms with Crippen LogP contribution < -0.4 is 0 Å². The molecular weight excluding hydrogens is 424 g/mol. The van der Waals surface area contributed by atoms with Crippen LogP contribution in [-0.4, -0.2) is 18.2 Å². The van der Waals surface area contributed by atoms with Crippen molar-refractivity contribution in [2.75, 3.05) is 0 Å². The Labute approximate surface area is 212 Å². The first-order valence-electron chi connectivity index (χ1n) is 15.0. The molecule has 0 aliphatic heterocycles. The second kappa shape index (κ2) is 26.5. The highest BCUT2D eigenvalue weighted by Gasteiger charge is 2.18. The molecule has 4 nitrogen and oxygen atoms in total. The molecule has 0 saturated heterocycles. The van der Waals surface area contributed by atoms with Crippen LogP contribution in [0.5, 0.6) is 0 Å². The summed E-state index contributed by atoms with van der Waals surface area (Å²) >= 11 is 0. The SMILES string of the molecule is CCCCCCCCCCC(=O)OC(CCCCCCC)OC(=O)CCCCCCCCCC. The highest BCUT2D eigenvalue weighted by Crippen LogP contribution is 2.16. The van der Waals surface area contributed by atoms with E-state index in [2.05, 4.69) is 20.8 Å². The third-order valence-electron chi connectivity index (χ3n) is 6.54. The van der Waals surface area contributed by atoms with Gasteiger partial charge in [-0.05, 0) is 19.3 Å². The molecule has 0 fully saturated rings. The molecule has 0 unspecified atom stereocenters. The van der Waals surface area contributed by atoms with Gasteiger partial charge in [-0.2, -0.15) is 0 Å². The fraction of sp³-hybridized carbons (Fsp3) is 0.933. The van der Waals surface area contributed by atoms with E-state index in [0.717, 1.165) is 38.5 Å². The standard InChI is InChI=1S/C30H58O4/c1-4-7-10-13-15-17-20-22-25-28(31)33-30(27-24-19-12-9-6-3)34-29(32)26-23-21-18-16-14-11-8-5-2/h30H,4-27H2,1-3H3. The maximum absolute atomic E-state index is 12.3. The Kier molecular flexibility index (Phi) is 25.7. The predicted octanol–water partition coefficient (Wildman–Crippen LogP) is 9.82. The number of esters is 2. The molecule has 0 aromatic rings. The zero-order valence-electron chi connectivity index (χ0n) is 23.2. The van der Waals surface area contributed by atoms with E-state index in [-0.39, 0.29) is 11.9 Å². The Bertz CT molecular complexity index is 415. The van der Waals surface area contributed by atoms with Gasteiger partial charge in [0.05, 0.1) is 0 Å². The summed E-state index contributed by atoms with van der Waals surface area (Å²) in [6, 6.07) is 0. The summed E-state index contributed by atoms with van der Waals surface area (Å²) in [5.74, 6) is -0.436. The smallest absolute Gasteiger partial charge is 0.308 e. The molecule has 0 amide bonds. The maximum atomic E-state index is 12.3. The van der Waals surface area contributed by atoms with Crippen molar-refractivity contribution in [3.63, 3.8) is 0 Å². The van der Waals surface area contributed by atoms with Crippen molar-refractivity contribution in [2.24, 2.45) is 0 Å². The fourth-order valence-corrected chi connectivity index (χ4v) is 4.27. The van der Waals surface area contributed by atoms with Gasteiger partial charge in [0.25, 0.3) is 0 Å². The monoisotopic (exact) mass is 482 g/mol. The molecule has 0 radical (unpaired) electrons. The zero-order valence-corrected chi connectivity index (χ0v) is 23.2. The van der Waals surface area contributed by atoms with Gasteiger partial charge >= 0.3 is 11.9 Å². The van der Waals surface area contributed by atoms with Crippen LogP contribution in [0.15, 0.2) is 0 Å². The lowest BCUT2D eigenvalue weighted by Gasteiger charge is -2.18. The molecule has 4 heteroatoms.